The molecule has 0 N–H and O–H groups in total. The molecule has 0 aliphatic heterocycles. The molecule has 0 spiro atoms. The van der Waals surface area contributed by atoms with E-state index in [1.165, 1.54) is 12.1 Å². The SMILES string of the molecule is Cc1ccc(F)cc1C(=O)C(C#N)CC(C)C. The lowest BCUT2D eigenvalue weighted by Crippen LogP contribution is -2.16. The van der Waals surface area contributed by atoms with Crippen LogP contribution in [0.3, 0.4) is 0 Å². The van der Waals surface area contributed by atoms with Gasteiger partial charge in [-0.05, 0) is 37.0 Å². The van der Waals surface area contributed by atoms with Crippen LogP contribution in [0.5, 0.6) is 0 Å². The average Bonchev–Trinajstić information content (AvgIpc) is 2.28. The van der Waals surface area contributed by atoms with Crippen LogP contribution in [-0.2, 0) is 0 Å². The molecule has 1 unspecified atom stereocenters. The first-order valence-electron chi connectivity index (χ1n) is 5.65. The largest absolute Gasteiger partial charge is 0.293 e. The predicted octanol–water partition coefficient (Wildman–Crippen LogP) is 3.50. The van der Waals surface area contributed by atoms with E-state index in [1.54, 1.807) is 13.0 Å². The molecule has 0 aromatic heterocycles. The molecule has 0 aliphatic rings. The van der Waals surface area contributed by atoms with E-state index >= 15 is 0 Å². The van der Waals surface area contributed by atoms with Gasteiger partial charge in [0.15, 0.2) is 5.78 Å². The number of nitriles is 1. The molecule has 0 fully saturated rings. The number of Topliss-reactive ketones (excluding diaryl/α,β-unsaturated/α-hetero) is 1. The summed E-state index contributed by atoms with van der Waals surface area (Å²) in [4.78, 5) is 12.1. The van der Waals surface area contributed by atoms with Gasteiger partial charge in [0, 0.05) is 5.56 Å². The van der Waals surface area contributed by atoms with E-state index in [9.17, 15) is 9.18 Å². The first kappa shape index (κ1) is 13.4. The quantitative estimate of drug-likeness (QED) is 0.747. The van der Waals surface area contributed by atoms with Crippen molar-refractivity contribution >= 4 is 5.78 Å². The summed E-state index contributed by atoms with van der Waals surface area (Å²) in [6.45, 7) is 5.66. The fourth-order valence-electron chi connectivity index (χ4n) is 1.74. The highest BCUT2D eigenvalue weighted by Crippen LogP contribution is 2.20. The minimum Gasteiger partial charge on any atom is -0.293 e. The molecule has 17 heavy (non-hydrogen) atoms. The van der Waals surface area contributed by atoms with Crippen LogP contribution in [0.4, 0.5) is 4.39 Å². The van der Waals surface area contributed by atoms with Gasteiger partial charge in [0.1, 0.15) is 11.7 Å². The third-order valence-electron chi connectivity index (χ3n) is 2.64. The number of rotatable bonds is 4. The van der Waals surface area contributed by atoms with E-state index in [0.29, 0.717) is 17.5 Å². The molecule has 0 saturated carbocycles. The maximum Gasteiger partial charge on any atom is 0.180 e. The van der Waals surface area contributed by atoms with Crippen LogP contribution in [0.2, 0.25) is 0 Å². The number of hydrogen-bond donors (Lipinski definition) is 0. The molecule has 1 aromatic rings. The fourth-order valence-corrected chi connectivity index (χ4v) is 1.74. The Morgan fingerprint density at radius 1 is 1.47 bits per heavy atom. The Morgan fingerprint density at radius 2 is 2.12 bits per heavy atom. The Morgan fingerprint density at radius 3 is 2.65 bits per heavy atom. The molecule has 1 rings (SSSR count). The highest BCUT2D eigenvalue weighted by Gasteiger charge is 2.22. The zero-order valence-corrected chi connectivity index (χ0v) is 10.3. The summed E-state index contributed by atoms with van der Waals surface area (Å²) >= 11 is 0. The number of ketones is 1. The van der Waals surface area contributed by atoms with Crippen LogP contribution in [0.15, 0.2) is 18.2 Å². The van der Waals surface area contributed by atoms with Crippen molar-refractivity contribution in [1.82, 2.24) is 0 Å². The van der Waals surface area contributed by atoms with Crippen molar-refractivity contribution < 1.29 is 9.18 Å². The lowest BCUT2D eigenvalue weighted by Gasteiger charge is -2.12. The van der Waals surface area contributed by atoms with Gasteiger partial charge >= 0.3 is 0 Å². The number of halogens is 1. The number of benzene rings is 1. The van der Waals surface area contributed by atoms with E-state index in [-0.39, 0.29) is 11.7 Å². The number of nitrogens with zero attached hydrogens (tertiary/aromatic N) is 1. The van der Waals surface area contributed by atoms with Crippen molar-refractivity contribution in [2.75, 3.05) is 0 Å². The van der Waals surface area contributed by atoms with Gasteiger partial charge in [-0.1, -0.05) is 19.9 Å². The second-order valence-corrected chi connectivity index (χ2v) is 4.63. The fraction of sp³-hybridized carbons (Fsp3) is 0.429. The van der Waals surface area contributed by atoms with Crippen molar-refractivity contribution in [2.45, 2.75) is 27.2 Å². The van der Waals surface area contributed by atoms with Gasteiger partial charge in [-0.2, -0.15) is 5.26 Å². The Labute approximate surface area is 101 Å². The third-order valence-corrected chi connectivity index (χ3v) is 2.64. The molecule has 0 amide bonds. The van der Waals surface area contributed by atoms with Crippen LogP contribution in [0.1, 0.15) is 36.2 Å². The summed E-state index contributed by atoms with van der Waals surface area (Å²) in [5.41, 5.74) is 1.03. The molecule has 0 aliphatic carbocycles. The number of carbonyl (C=O) groups is 1. The van der Waals surface area contributed by atoms with Gasteiger partial charge in [0.2, 0.25) is 0 Å². The van der Waals surface area contributed by atoms with Crippen molar-refractivity contribution in [2.24, 2.45) is 11.8 Å². The predicted molar refractivity (Wildman–Crippen MR) is 64.0 cm³/mol. The summed E-state index contributed by atoms with van der Waals surface area (Å²) in [6, 6.07) is 6.09. The maximum atomic E-state index is 13.1. The summed E-state index contributed by atoms with van der Waals surface area (Å²) in [5.74, 6) is -1.15. The van der Waals surface area contributed by atoms with Crippen molar-refractivity contribution in [3.05, 3.63) is 35.1 Å². The molecule has 3 heteroatoms. The highest BCUT2D eigenvalue weighted by molar-refractivity contribution is 6.00. The van der Waals surface area contributed by atoms with Gasteiger partial charge in [-0.15, -0.1) is 0 Å². The Bertz CT molecular complexity index is 460. The molecule has 1 atom stereocenters. The molecule has 0 saturated heterocycles. The lowest BCUT2D eigenvalue weighted by molar-refractivity contribution is 0.0936. The minimum atomic E-state index is -0.685. The monoisotopic (exact) mass is 233 g/mol. The van der Waals surface area contributed by atoms with Crippen LogP contribution < -0.4 is 0 Å². The lowest BCUT2D eigenvalue weighted by atomic mass is 9.89. The Kier molecular flexibility index (Phi) is 4.39. The van der Waals surface area contributed by atoms with E-state index in [0.717, 1.165) is 0 Å². The van der Waals surface area contributed by atoms with Crippen LogP contribution in [0.25, 0.3) is 0 Å². The number of hydrogen-bond acceptors (Lipinski definition) is 2. The second-order valence-electron chi connectivity index (χ2n) is 4.63. The average molecular weight is 233 g/mol. The molecular formula is C14H16FNO. The zero-order chi connectivity index (χ0) is 13.0. The van der Waals surface area contributed by atoms with Crippen molar-refractivity contribution in [1.29, 1.82) is 5.26 Å². The summed E-state index contributed by atoms with van der Waals surface area (Å²) in [7, 11) is 0. The maximum absolute atomic E-state index is 13.1. The molecule has 0 heterocycles. The summed E-state index contributed by atoms with van der Waals surface area (Å²) in [5, 5.41) is 9.00. The first-order chi connectivity index (χ1) is 7.95. The van der Waals surface area contributed by atoms with Gasteiger partial charge in [0.05, 0.1) is 6.07 Å². The highest BCUT2D eigenvalue weighted by atomic mass is 19.1. The van der Waals surface area contributed by atoms with Crippen LogP contribution in [0, 0.1) is 35.9 Å². The van der Waals surface area contributed by atoms with E-state index in [4.69, 9.17) is 5.26 Å². The smallest absolute Gasteiger partial charge is 0.180 e. The first-order valence-corrected chi connectivity index (χ1v) is 5.65. The van der Waals surface area contributed by atoms with Gasteiger partial charge < -0.3 is 0 Å². The normalized spacial score (nSPS) is 12.2. The standard InChI is InChI=1S/C14H16FNO/c1-9(2)6-11(8-16)14(17)13-7-12(15)5-4-10(13)3/h4-5,7,9,11H,6H2,1-3H3. The van der Waals surface area contributed by atoms with E-state index in [2.05, 4.69) is 0 Å². The van der Waals surface area contributed by atoms with Crippen molar-refractivity contribution in [3.63, 3.8) is 0 Å². The van der Waals surface area contributed by atoms with Gasteiger partial charge in [-0.3, -0.25) is 4.79 Å². The molecule has 0 radical (unpaired) electrons. The van der Waals surface area contributed by atoms with Crippen LogP contribution >= 0.6 is 0 Å². The summed E-state index contributed by atoms with van der Waals surface area (Å²) in [6.07, 6.45) is 0.505. The van der Waals surface area contributed by atoms with E-state index < -0.39 is 11.7 Å². The topological polar surface area (TPSA) is 40.9 Å². The van der Waals surface area contributed by atoms with Crippen LogP contribution in [-0.4, -0.2) is 5.78 Å². The van der Waals surface area contributed by atoms with Gasteiger partial charge in [-0.25, -0.2) is 4.39 Å². The number of aryl methyl sites for hydroxylation is 1. The summed E-state index contributed by atoms with van der Waals surface area (Å²) < 4.78 is 13.1. The van der Waals surface area contributed by atoms with E-state index in [1.807, 2.05) is 19.9 Å². The number of carbonyl (C=O) groups excluding carboxylic acids is 1. The van der Waals surface area contributed by atoms with Gasteiger partial charge in [0.25, 0.3) is 0 Å². The molecule has 2 nitrogen and oxygen atoms in total. The Hall–Kier alpha value is -1.69. The van der Waals surface area contributed by atoms with Crippen molar-refractivity contribution in [3.8, 4) is 6.07 Å². The molecular weight excluding hydrogens is 217 g/mol. The molecule has 90 valence electrons. The third kappa shape index (κ3) is 3.39. The zero-order valence-electron chi connectivity index (χ0n) is 10.3. The molecule has 0 bridgehead atoms. The second kappa shape index (κ2) is 5.58. The minimum absolute atomic E-state index is 0.262. The molecule has 1 aromatic carbocycles. The Balaban J connectivity index is 3.02.